The SMILES string of the molecule is CC(Oc1cccc(Cl)c1)c1nc(CCl)no1. The maximum absolute atomic E-state index is 5.85. The number of rotatable bonds is 4. The standard InChI is InChI=1S/C11H10Cl2N2O2/c1-7(11-14-10(6-12)15-17-11)16-9-4-2-3-8(13)5-9/h2-5,7H,6H2,1H3. The largest absolute Gasteiger partial charge is 0.481 e. The van der Waals surface area contributed by atoms with Gasteiger partial charge in [0.15, 0.2) is 11.9 Å². The van der Waals surface area contributed by atoms with Gasteiger partial charge in [-0.05, 0) is 25.1 Å². The van der Waals surface area contributed by atoms with Gasteiger partial charge >= 0.3 is 0 Å². The highest BCUT2D eigenvalue weighted by atomic mass is 35.5. The van der Waals surface area contributed by atoms with Gasteiger partial charge < -0.3 is 9.26 Å². The van der Waals surface area contributed by atoms with Crippen LogP contribution in [0.2, 0.25) is 5.02 Å². The summed E-state index contributed by atoms with van der Waals surface area (Å²) in [6, 6.07) is 7.11. The molecule has 17 heavy (non-hydrogen) atoms. The third kappa shape index (κ3) is 3.11. The lowest BCUT2D eigenvalue weighted by Crippen LogP contribution is -2.03. The molecular weight excluding hydrogens is 263 g/mol. The fourth-order valence-electron chi connectivity index (χ4n) is 1.28. The van der Waals surface area contributed by atoms with E-state index in [4.69, 9.17) is 32.5 Å². The molecule has 0 spiro atoms. The second-order valence-corrected chi connectivity index (χ2v) is 4.10. The summed E-state index contributed by atoms with van der Waals surface area (Å²) in [5.41, 5.74) is 0. The smallest absolute Gasteiger partial charge is 0.267 e. The quantitative estimate of drug-likeness (QED) is 0.798. The van der Waals surface area contributed by atoms with Crippen LogP contribution in [0.5, 0.6) is 5.75 Å². The van der Waals surface area contributed by atoms with Gasteiger partial charge in [-0.15, -0.1) is 11.6 Å². The summed E-state index contributed by atoms with van der Waals surface area (Å²) in [6.45, 7) is 1.81. The number of ether oxygens (including phenoxy) is 1. The van der Waals surface area contributed by atoms with Crippen LogP contribution >= 0.6 is 23.2 Å². The van der Waals surface area contributed by atoms with Crippen LogP contribution in [0.1, 0.15) is 24.7 Å². The van der Waals surface area contributed by atoms with Gasteiger partial charge in [-0.25, -0.2) is 0 Å². The summed E-state index contributed by atoms with van der Waals surface area (Å²) in [4.78, 5) is 4.08. The van der Waals surface area contributed by atoms with E-state index in [1.165, 1.54) is 0 Å². The maximum atomic E-state index is 5.85. The molecule has 0 bridgehead atoms. The van der Waals surface area contributed by atoms with Gasteiger partial charge in [0.05, 0.1) is 5.88 Å². The van der Waals surface area contributed by atoms with Crippen molar-refractivity contribution in [1.29, 1.82) is 0 Å². The van der Waals surface area contributed by atoms with Crippen LogP contribution in [0.3, 0.4) is 0 Å². The Morgan fingerprint density at radius 3 is 2.94 bits per heavy atom. The topological polar surface area (TPSA) is 48.2 Å². The lowest BCUT2D eigenvalue weighted by Gasteiger charge is -2.10. The number of hydrogen-bond donors (Lipinski definition) is 0. The number of hydrogen-bond acceptors (Lipinski definition) is 4. The highest BCUT2D eigenvalue weighted by Crippen LogP contribution is 2.23. The fourth-order valence-corrected chi connectivity index (χ4v) is 1.57. The van der Waals surface area contributed by atoms with Crippen LogP contribution in [0.25, 0.3) is 0 Å². The molecular formula is C11H10Cl2N2O2. The Morgan fingerprint density at radius 2 is 2.29 bits per heavy atom. The van der Waals surface area contributed by atoms with Crippen LogP contribution in [0, 0.1) is 0 Å². The summed E-state index contributed by atoms with van der Waals surface area (Å²) >= 11 is 11.4. The predicted octanol–water partition coefficient (Wildman–Crippen LogP) is 3.60. The molecule has 0 aliphatic heterocycles. The second-order valence-electron chi connectivity index (χ2n) is 3.40. The van der Waals surface area contributed by atoms with E-state index in [0.29, 0.717) is 22.5 Å². The first-order chi connectivity index (χ1) is 8.19. The Morgan fingerprint density at radius 1 is 1.47 bits per heavy atom. The molecule has 0 radical (unpaired) electrons. The highest BCUT2D eigenvalue weighted by molar-refractivity contribution is 6.30. The molecule has 2 rings (SSSR count). The van der Waals surface area contributed by atoms with E-state index in [9.17, 15) is 0 Å². The molecule has 0 aliphatic rings. The monoisotopic (exact) mass is 272 g/mol. The molecule has 4 nitrogen and oxygen atoms in total. The Labute approximate surface area is 108 Å². The first kappa shape index (κ1) is 12.2. The Bertz CT molecular complexity index is 502. The zero-order valence-electron chi connectivity index (χ0n) is 9.06. The minimum Gasteiger partial charge on any atom is -0.481 e. The summed E-state index contributed by atoms with van der Waals surface area (Å²) < 4.78 is 10.6. The predicted molar refractivity (Wildman–Crippen MR) is 64.4 cm³/mol. The average molecular weight is 273 g/mol. The van der Waals surface area contributed by atoms with Gasteiger partial charge in [-0.3, -0.25) is 0 Å². The highest BCUT2D eigenvalue weighted by Gasteiger charge is 2.15. The first-order valence-electron chi connectivity index (χ1n) is 4.99. The van der Waals surface area contributed by atoms with Gasteiger partial charge in [0.2, 0.25) is 0 Å². The molecule has 1 aromatic heterocycles. The van der Waals surface area contributed by atoms with E-state index in [2.05, 4.69) is 10.1 Å². The molecule has 1 aromatic carbocycles. The van der Waals surface area contributed by atoms with Crippen molar-refractivity contribution in [3.05, 3.63) is 41.0 Å². The first-order valence-corrected chi connectivity index (χ1v) is 5.91. The van der Waals surface area contributed by atoms with Crippen molar-refractivity contribution in [3.8, 4) is 5.75 Å². The van der Waals surface area contributed by atoms with Crippen molar-refractivity contribution in [1.82, 2.24) is 10.1 Å². The lowest BCUT2D eigenvalue weighted by molar-refractivity contribution is 0.175. The van der Waals surface area contributed by atoms with Crippen molar-refractivity contribution in [2.24, 2.45) is 0 Å². The summed E-state index contributed by atoms with van der Waals surface area (Å²) in [6.07, 6.45) is -0.349. The van der Waals surface area contributed by atoms with Gasteiger partial charge in [0.25, 0.3) is 5.89 Å². The molecule has 2 aromatic rings. The van der Waals surface area contributed by atoms with E-state index in [0.717, 1.165) is 0 Å². The van der Waals surface area contributed by atoms with Crippen molar-refractivity contribution >= 4 is 23.2 Å². The number of halogens is 2. The van der Waals surface area contributed by atoms with Crippen molar-refractivity contribution in [2.45, 2.75) is 18.9 Å². The number of benzene rings is 1. The minimum atomic E-state index is -0.349. The van der Waals surface area contributed by atoms with E-state index >= 15 is 0 Å². The van der Waals surface area contributed by atoms with E-state index in [1.54, 1.807) is 18.2 Å². The van der Waals surface area contributed by atoms with Crippen LogP contribution in [-0.4, -0.2) is 10.1 Å². The van der Waals surface area contributed by atoms with Crippen molar-refractivity contribution < 1.29 is 9.26 Å². The molecule has 0 amide bonds. The molecule has 0 fully saturated rings. The third-order valence-electron chi connectivity index (χ3n) is 2.06. The molecule has 6 heteroatoms. The molecule has 1 atom stereocenters. The lowest BCUT2D eigenvalue weighted by atomic mass is 10.3. The van der Waals surface area contributed by atoms with Gasteiger partial charge in [-0.2, -0.15) is 4.98 Å². The normalized spacial score (nSPS) is 12.4. The number of nitrogens with zero attached hydrogens (tertiary/aromatic N) is 2. The van der Waals surface area contributed by atoms with E-state index < -0.39 is 0 Å². The maximum Gasteiger partial charge on any atom is 0.267 e. The molecule has 90 valence electrons. The van der Waals surface area contributed by atoms with E-state index in [-0.39, 0.29) is 12.0 Å². The van der Waals surface area contributed by atoms with Crippen LogP contribution in [0.15, 0.2) is 28.8 Å². The third-order valence-corrected chi connectivity index (χ3v) is 2.53. The molecule has 0 N–H and O–H groups in total. The van der Waals surface area contributed by atoms with E-state index in [1.807, 2.05) is 13.0 Å². The summed E-state index contributed by atoms with van der Waals surface area (Å²) in [5, 5.41) is 4.30. The van der Waals surface area contributed by atoms with Crippen LogP contribution in [-0.2, 0) is 5.88 Å². The van der Waals surface area contributed by atoms with Crippen molar-refractivity contribution in [2.75, 3.05) is 0 Å². The molecule has 0 saturated carbocycles. The number of alkyl halides is 1. The Balaban J connectivity index is 2.08. The zero-order valence-corrected chi connectivity index (χ0v) is 10.6. The average Bonchev–Trinajstić information content (AvgIpc) is 2.77. The Hall–Kier alpha value is -1.26. The summed E-state index contributed by atoms with van der Waals surface area (Å²) in [5.74, 6) is 1.70. The van der Waals surface area contributed by atoms with Crippen LogP contribution in [0.4, 0.5) is 0 Å². The van der Waals surface area contributed by atoms with Gasteiger partial charge in [0, 0.05) is 5.02 Å². The van der Waals surface area contributed by atoms with Crippen molar-refractivity contribution in [3.63, 3.8) is 0 Å². The molecule has 0 saturated heterocycles. The molecule has 0 aliphatic carbocycles. The summed E-state index contributed by atoms with van der Waals surface area (Å²) in [7, 11) is 0. The minimum absolute atomic E-state index is 0.216. The zero-order chi connectivity index (χ0) is 12.3. The fraction of sp³-hybridized carbons (Fsp3) is 0.273. The van der Waals surface area contributed by atoms with Gasteiger partial charge in [0.1, 0.15) is 5.75 Å². The molecule has 1 heterocycles. The Kier molecular flexibility index (Phi) is 3.86. The molecule has 1 unspecified atom stereocenters. The second kappa shape index (κ2) is 5.38. The number of aromatic nitrogens is 2. The van der Waals surface area contributed by atoms with Gasteiger partial charge in [-0.1, -0.05) is 22.8 Å². The van der Waals surface area contributed by atoms with Crippen LogP contribution < -0.4 is 4.74 Å².